The lowest BCUT2D eigenvalue weighted by Gasteiger charge is -2.10. The number of rotatable bonds is 4. The third-order valence-electron chi connectivity index (χ3n) is 2.22. The van der Waals surface area contributed by atoms with Gasteiger partial charge in [0.1, 0.15) is 5.69 Å². The van der Waals surface area contributed by atoms with Crippen LogP contribution in [0.4, 0.5) is 8.78 Å². The molecule has 0 N–H and O–H groups in total. The first kappa shape index (κ1) is 13.8. The van der Waals surface area contributed by atoms with E-state index in [0.717, 1.165) is 7.11 Å². The highest BCUT2D eigenvalue weighted by molar-refractivity contribution is 5.74. The summed E-state index contributed by atoms with van der Waals surface area (Å²) in [5, 5.41) is 8.90. The van der Waals surface area contributed by atoms with Crippen molar-refractivity contribution in [2.75, 3.05) is 14.2 Å². The number of carbonyl (C=O) groups excluding carboxylic acids is 1. The lowest BCUT2D eigenvalue weighted by molar-refractivity contribution is -0.139. The third-order valence-corrected chi connectivity index (χ3v) is 2.22. The summed E-state index contributed by atoms with van der Waals surface area (Å²) in [6.45, 7) is 0. The summed E-state index contributed by atoms with van der Waals surface area (Å²) in [7, 11) is 2.38. The summed E-state index contributed by atoms with van der Waals surface area (Å²) < 4.78 is 34.8. The average molecular weight is 256 g/mol. The Balaban J connectivity index is 3.36. The molecular formula is C11H10F2N2O3. The molecule has 1 aromatic heterocycles. The van der Waals surface area contributed by atoms with E-state index in [-0.39, 0.29) is 17.0 Å². The molecule has 7 heteroatoms. The van der Waals surface area contributed by atoms with Crippen molar-refractivity contribution in [3.05, 3.63) is 22.9 Å². The molecule has 0 atom stereocenters. The molecule has 18 heavy (non-hydrogen) atoms. The summed E-state index contributed by atoms with van der Waals surface area (Å²) in [4.78, 5) is 14.7. The van der Waals surface area contributed by atoms with Gasteiger partial charge in [-0.05, 0) is 0 Å². The van der Waals surface area contributed by atoms with Gasteiger partial charge in [-0.1, -0.05) is 0 Å². The second-order valence-electron chi connectivity index (χ2n) is 3.24. The van der Waals surface area contributed by atoms with Crippen LogP contribution in [0.2, 0.25) is 0 Å². The minimum atomic E-state index is -2.91. The molecule has 1 rings (SSSR count). The van der Waals surface area contributed by atoms with E-state index < -0.39 is 24.5 Å². The molecular weight excluding hydrogens is 246 g/mol. The van der Waals surface area contributed by atoms with Gasteiger partial charge < -0.3 is 9.47 Å². The minimum absolute atomic E-state index is 0.0810. The van der Waals surface area contributed by atoms with E-state index in [0.29, 0.717) is 0 Å². The number of methoxy groups -OCH3 is 2. The molecule has 0 bridgehead atoms. The highest BCUT2D eigenvalue weighted by Crippen LogP contribution is 2.27. The van der Waals surface area contributed by atoms with Gasteiger partial charge in [0.05, 0.1) is 32.3 Å². The predicted molar refractivity (Wildman–Crippen MR) is 56.2 cm³/mol. The van der Waals surface area contributed by atoms with Crippen LogP contribution in [0.15, 0.2) is 6.07 Å². The van der Waals surface area contributed by atoms with Crippen molar-refractivity contribution >= 4 is 5.97 Å². The third kappa shape index (κ3) is 2.91. The summed E-state index contributed by atoms with van der Waals surface area (Å²) in [6.07, 6.45) is -3.34. The Morgan fingerprint density at radius 3 is 2.67 bits per heavy atom. The first-order valence-electron chi connectivity index (χ1n) is 4.86. The molecule has 96 valence electrons. The Morgan fingerprint density at radius 2 is 2.22 bits per heavy atom. The second kappa shape index (κ2) is 5.91. The Bertz CT molecular complexity index is 498. The van der Waals surface area contributed by atoms with Crippen LogP contribution in [0, 0.1) is 11.3 Å². The fourth-order valence-corrected chi connectivity index (χ4v) is 1.35. The van der Waals surface area contributed by atoms with Gasteiger partial charge in [-0.15, -0.1) is 0 Å². The van der Waals surface area contributed by atoms with E-state index in [9.17, 15) is 13.6 Å². The number of carbonyl (C=O) groups is 1. The molecule has 0 fully saturated rings. The predicted octanol–water partition coefficient (Wildman–Crippen LogP) is 1.61. The van der Waals surface area contributed by atoms with Crippen LogP contribution in [0.3, 0.4) is 0 Å². The van der Waals surface area contributed by atoms with Gasteiger partial charge in [0.25, 0.3) is 6.43 Å². The normalized spacial score (nSPS) is 10.0. The average Bonchev–Trinajstić information content (AvgIpc) is 2.38. The summed E-state index contributed by atoms with van der Waals surface area (Å²) >= 11 is 0. The molecule has 0 aliphatic rings. The van der Waals surface area contributed by atoms with Crippen LogP contribution in [0.1, 0.15) is 23.2 Å². The lowest BCUT2D eigenvalue weighted by atomic mass is 10.0. The molecule has 1 heterocycles. The van der Waals surface area contributed by atoms with E-state index in [1.54, 1.807) is 6.07 Å². The van der Waals surface area contributed by atoms with Crippen LogP contribution >= 0.6 is 0 Å². The molecule has 1 aromatic rings. The van der Waals surface area contributed by atoms with Gasteiger partial charge in [0.15, 0.2) is 0 Å². The molecule has 0 amide bonds. The van der Waals surface area contributed by atoms with Gasteiger partial charge in [0.2, 0.25) is 5.88 Å². The molecule has 0 aliphatic carbocycles. The van der Waals surface area contributed by atoms with E-state index >= 15 is 0 Å². The Morgan fingerprint density at radius 1 is 1.56 bits per heavy atom. The van der Waals surface area contributed by atoms with Gasteiger partial charge >= 0.3 is 5.97 Å². The zero-order valence-corrected chi connectivity index (χ0v) is 9.74. The van der Waals surface area contributed by atoms with Crippen LogP contribution in [0.5, 0.6) is 5.88 Å². The number of aromatic nitrogens is 1. The van der Waals surface area contributed by atoms with E-state index in [4.69, 9.17) is 10.00 Å². The number of nitrogens with zero attached hydrogens (tertiary/aromatic N) is 2. The molecule has 5 nitrogen and oxygen atoms in total. The number of halogens is 2. The van der Waals surface area contributed by atoms with Gasteiger partial charge in [-0.3, -0.25) is 4.79 Å². The first-order chi connectivity index (χ1) is 8.53. The maximum absolute atomic E-state index is 12.8. The Hall–Kier alpha value is -2.23. The van der Waals surface area contributed by atoms with E-state index in [2.05, 4.69) is 9.72 Å². The highest BCUT2D eigenvalue weighted by Gasteiger charge is 2.22. The first-order valence-corrected chi connectivity index (χ1v) is 4.86. The van der Waals surface area contributed by atoms with Crippen molar-refractivity contribution in [3.8, 4) is 11.9 Å². The number of esters is 1. The maximum Gasteiger partial charge on any atom is 0.310 e. The van der Waals surface area contributed by atoms with Crippen molar-refractivity contribution in [3.63, 3.8) is 0 Å². The van der Waals surface area contributed by atoms with Gasteiger partial charge in [0, 0.05) is 11.6 Å². The van der Waals surface area contributed by atoms with E-state index in [1.807, 2.05) is 0 Å². The standard InChI is InChI=1S/C11H10F2N2O3/c1-17-8-3-6(5-14)7(4-9(16)18-2)10(15-8)11(12)13/h3,11H,4H2,1-2H3. The van der Waals surface area contributed by atoms with Crippen LogP contribution in [-0.4, -0.2) is 25.2 Å². The van der Waals surface area contributed by atoms with Gasteiger partial charge in [-0.2, -0.15) is 5.26 Å². The van der Waals surface area contributed by atoms with Crippen LogP contribution in [0.25, 0.3) is 0 Å². The minimum Gasteiger partial charge on any atom is -0.481 e. The molecule has 0 radical (unpaired) electrons. The highest BCUT2D eigenvalue weighted by atomic mass is 19.3. The summed E-state index contributed by atoms with van der Waals surface area (Å²) in [5.41, 5.74) is -0.862. The van der Waals surface area contributed by atoms with Crippen molar-refractivity contribution in [1.82, 2.24) is 4.98 Å². The molecule has 0 unspecified atom stereocenters. The maximum atomic E-state index is 12.8. The Labute approximate surface area is 102 Å². The van der Waals surface area contributed by atoms with Gasteiger partial charge in [-0.25, -0.2) is 13.8 Å². The van der Waals surface area contributed by atoms with Crippen molar-refractivity contribution < 1.29 is 23.0 Å². The Kier molecular flexibility index (Phi) is 4.54. The molecule has 0 aromatic carbocycles. The largest absolute Gasteiger partial charge is 0.481 e. The molecule has 0 aliphatic heterocycles. The zero-order valence-electron chi connectivity index (χ0n) is 9.74. The quantitative estimate of drug-likeness (QED) is 0.765. The number of ether oxygens (including phenoxy) is 2. The topological polar surface area (TPSA) is 72.2 Å². The molecule has 0 saturated carbocycles. The van der Waals surface area contributed by atoms with Crippen molar-refractivity contribution in [2.24, 2.45) is 0 Å². The zero-order chi connectivity index (χ0) is 13.7. The SMILES string of the molecule is COC(=O)Cc1c(C#N)cc(OC)nc1C(F)F. The fourth-order valence-electron chi connectivity index (χ4n) is 1.35. The number of alkyl halides is 2. The lowest BCUT2D eigenvalue weighted by Crippen LogP contribution is -2.11. The van der Waals surface area contributed by atoms with Crippen LogP contribution in [-0.2, 0) is 16.0 Å². The smallest absolute Gasteiger partial charge is 0.310 e. The number of nitriles is 1. The second-order valence-corrected chi connectivity index (χ2v) is 3.24. The van der Waals surface area contributed by atoms with Crippen LogP contribution < -0.4 is 4.74 Å². The monoisotopic (exact) mass is 256 g/mol. The number of hydrogen-bond donors (Lipinski definition) is 0. The van der Waals surface area contributed by atoms with Crippen molar-refractivity contribution in [2.45, 2.75) is 12.8 Å². The van der Waals surface area contributed by atoms with Crippen molar-refractivity contribution in [1.29, 1.82) is 5.26 Å². The summed E-state index contributed by atoms with van der Waals surface area (Å²) in [6, 6.07) is 2.93. The summed E-state index contributed by atoms with van der Waals surface area (Å²) in [5.74, 6) is -0.823. The fraction of sp³-hybridized carbons (Fsp3) is 0.364. The molecule has 0 saturated heterocycles. The molecule has 0 spiro atoms. The number of pyridine rings is 1. The van der Waals surface area contributed by atoms with E-state index in [1.165, 1.54) is 13.2 Å². The number of hydrogen-bond acceptors (Lipinski definition) is 5.